The van der Waals surface area contributed by atoms with Crippen molar-refractivity contribution in [2.45, 2.75) is 52.6 Å². The molecular weight excluding hydrogens is 384 g/mol. The molecule has 1 aliphatic carbocycles. The number of rotatable bonds is 5. The lowest BCUT2D eigenvalue weighted by Crippen LogP contribution is -2.38. The Bertz CT molecular complexity index is 934. The monoisotopic (exact) mass is 414 g/mol. The molecule has 0 spiro atoms. The third-order valence-corrected chi connectivity index (χ3v) is 8.00. The Kier molecular flexibility index (Phi) is 5.23. The minimum Gasteiger partial charge on any atom is -0.497 e. The van der Waals surface area contributed by atoms with Crippen molar-refractivity contribution < 1.29 is 14.3 Å². The summed E-state index contributed by atoms with van der Waals surface area (Å²) < 4.78 is 10.8. The number of hydrogen-bond acceptors (Lipinski definition) is 5. The molecule has 0 saturated heterocycles. The van der Waals surface area contributed by atoms with Crippen molar-refractivity contribution in [2.75, 3.05) is 19.5 Å². The van der Waals surface area contributed by atoms with Gasteiger partial charge in [0.1, 0.15) is 22.7 Å². The summed E-state index contributed by atoms with van der Waals surface area (Å²) in [6.07, 6.45) is 4.06. The van der Waals surface area contributed by atoms with Crippen LogP contribution in [-0.2, 0) is 12.8 Å². The second kappa shape index (κ2) is 7.56. The van der Waals surface area contributed by atoms with E-state index in [4.69, 9.17) is 9.47 Å². The smallest absolute Gasteiger partial charge is 0.256 e. The van der Waals surface area contributed by atoms with Gasteiger partial charge in [0.15, 0.2) is 0 Å². The van der Waals surface area contributed by atoms with Gasteiger partial charge in [-0.2, -0.15) is 0 Å². The first-order valence-electron chi connectivity index (χ1n) is 10.3. The van der Waals surface area contributed by atoms with Crippen LogP contribution in [0.5, 0.6) is 11.5 Å². The van der Waals surface area contributed by atoms with E-state index in [1.165, 1.54) is 16.9 Å². The zero-order valence-electron chi connectivity index (χ0n) is 17.8. The highest BCUT2D eigenvalue weighted by Gasteiger charge is 2.37. The van der Waals surface area contributed by atoms with E-state index in [1.54, 1.807) is 25.6 Å². The molecule has 2 atom stereocenters. The van der Waals surface area contributed by atoms with Gasteiger partial charge >= 0.3 is 0 Å². The Labute approximate surface area is 176 Å². The van der Waals surface area contributed by atoms with Gasteiger partial charge in [-0.3, -0.25) is 4.79 Å². The van der Waals surface area contributed by atoms with Gasteiger partial charge in [-0.05, 0) is 48.3 Å². The molecule has 2 aliphatic rings. The number of thiophene rings is 1. The summed E-state index contributed by atoms with van der Waals surface area (Å²) in [5, 5.41) is 7.66. The van der Waals surface area contributed by atoms with Crippen LogP contribution in [0, 0.1) is 11.3 Å². The molecule has 0 radical (unpaired) electrons. The van der Waals surface area contributed by atoms with E-state index in [0.717, 1.165) is 41.1 Å². The molecule has 6 heteroatoms. The lowest BCUT2D eigenvalue weighted by molar-refractivity contribution is 0.0934. The van der Waals surface area contributed by atoms with Crippen LogP contribution in [0.15, 0.2) is 18.2 Å². The number of fused-ring (bicyclic) bond motifs is 3. The molecule has 156 valence electrons. The fraction of sp³-hybridized carbons (Fsp3) is 0.522. The number of carbonyl (C=O) groups excluding carboxylic acids is 1. The van der Waals surface area contributed by atoms with Crippen LogP contribution >= 0.6 is 11.3 Å². The van der Waals surface area contributed by atoms with Crippen LogP contribution in [-0.4, -0.2) is 20.1 Å². The first-order valence-corrected chi connectivity index (χ1v) is 11.1. The Morgan fingerprint density at radius 1 is 1.21 bits per heavy atom. The molecule has 29 heavy (non-hydrogen) atoms. The maximum absolute atomic E-state index is 13.0. The van der Waals surface area contributed by atoms with Gasteiger partial charge in [0, 0.05) is 16.5 Å². The summed E-state index contributed by atoms with van der Waals surface area (Å²) in [4.78, 5) is 14.4. The number of hydrogen-bond donors (Lipinski definition) is 2. The molecule has 0 saturated carbocycles. The third kappa shape index (κ3) is 3.48. The lowest BCUT2D eigenvalue weighted by atomic mass is 9.69. The van der Waals surface area contributed by atoms with Crippen LogP contribution in [0.3, 0.4) is 0 Å². The molecule has 1 aromatic heterocycles. The first-order chi connectivity index (χ1) is 13.9. The van der Waals surface area contributed by atoms with Gasteiger partial charge < -0.3 is 20.1 Å². The van der Waals surface area contributed by atoms with E-state index in [1.807, 2.05) is 18.2 Å². The number of nitrogens with one attached hydrogen (secondary N) is 2. The molecule has 1 aliphatic heterocycles. The van der Waals surface area contributed by atoms with Crippen LogP contribution in [0.4, 0.5) is 5.00 Å². The predicted molar refractivity (Wildman–Crippen MR) is 117 cm³/mol. The van der Waals surface area contributed by atoms with Crippen LogP contribution < -0.4 is 20.1 Å². The average molecular weight is 415 g/mol. The van der Waals surface area contributed by atoms with Gasteiger partial charge in [0.05, 0.1) is 19.8 Å². The summed E-state index contributed by atoms with van der Waals surface area (Å²) in [5.41, 5.74) is 3.32. The van der Waals surface area contributed by atoms with Gasteiger partial charge in [-0.25, -0.2) is 0 Å². The summed E-state index contributed by atoms with van der Waals surface area (Å²) >= 11 is 1.75. The molecule has 2 aromatic rings. The Balaban J connectivity index is 1.64. The number of anilines is 1. The maximum atomic E-state index is 13.0. The largest absolute Gasteiger partial charge is 0.497 e. The van der Waals surface area contributed by atoms with Crippen LogP contribution in [0.2, 0.25) is 0 Å². The number of carbonyl (C=O) groups is 1. The molecule has 5 nitrogen and oxygen atoms in total. The molecule has 4 rings (SSSR count). The number of benzene rings is 1. The number of ether oxygens (including phenoxy) is 2. The van der Waals surface area contributed by atoms with Crippen molar-refractivity contribution in [1.29, 1.82) is 0 Å². The normalized spacial score (nSPS) is 20.9. The average Bonchev–Trinajstić information content (AvgIpc) is 3.11. The van der Waals surface area contributed by atoms with Gasteiger partial charge in [0.25, 0.3) is 5.91 Å². The van der Waals surface area contributed by atoms with Crippen molar-refractivity contribution in [1.82, 2.24) is 5.32 Å². The molecule has 2 N–H and O–H groups in total. The minimum atomic E-state index is -0.321. The summed E-state index contributed by atoms with van der Waals surface area (Å²) in [5.74, 6) is 2.09. The van der Waals surface area contributed by atoms with E-state index < -0.39 is 0 Å². The third-order valence-electron chi connectivity index (χ3n) is 6.81. The fourth-order valence-electron chi connectivity index (χ4n) is 4.47. The maximum Gasteiger partial charge on any atom is 0.256 e. The SMILES string of the molecule is CCC(C)(C)[C@H]1CCc2c(sc3c2C(=O)N[C@@H](c2ccc(OC)cc2OC)N3)C1. The van der Waals surface area contributed by atoms with Gasteiger partial charge in [0.2, 0.25) is 0 Å². The van der Waals surface area contributed by atoms with Gasteiger partial charge in [-0.1, -0.05) is 27.2 Å². The number of methoxy groups -OCH3 is 2. The topological polar surface area (TPSA) is 59.6 Å². The zero-order valence-corrected chi connectivity index (χ0v) is 18.7. The van der Waals surface area contributed by atoms with E-state index in [9.17, 15) is 4.79 Å². The molecule has 1 aromatic carbocycles. The highest BCUT2D eigenvalue weighted by atomic mass is 32.1. The molecular formula is C23H30N2O3S. The van der Waals surface area contributed by atoms with Crippen molar-refractivity contribution in [3.8, 4) is 11.5 Å². The van der Waals surface area contributed by atoms with E-state index in [2.05, 4.69) is 31.4 Å². The Morgan fingerprint density at radius 2 is 2.00 bits per heavy atom. The van der Waals surface area contributed by atoms with E-state index >= 15 is 0 Å². The predicted octanol–water partition coefficient (Wildman–Crippen LogP) is 5.16. The minimum absolute atomic E-state index is 0.00678. The van der Waals surface area contributed by atoms with Crippen molar-refractivity contribution in [3.05, 3.63) is 39.8 Å². The number of amides is 1. The van der Waals surface area contributed by atoms with Crippen LogP contribution in [0.1, 0.15) is 66.1 Å². The molecule has 0 fully saturated rings. The molecule has 0 bridgehead atoms. The van der Waals surface area contributed by atoms with Gasteiger partial charge in [-0.15, -0.1) is 11.3 Å². The lowest BCUT2D eigenvalue weighted by Gasteiger charge is -2.36. The Hall–Kier alpha value is -2.21. The quantitative estimate of drug-likeness (QED) is 0.709. The van der Waals surface area contributed by atoms with Crippen molar-refractivity contribution in [2.24, 2.45) is 11.3 Å². The second-order valence-corrected chi connectivity index (χ2v) is 9.75. The molecule has 0 unspecified atom stereocenters. The fourth-order valence-corrected chi connectivity index (χ4v) is 5.82. The van der Waals surface area contributed by atoms with Crippen molar-refractivity contribution in [3.63, 3.8) is 0 Å². The Morgan fingerprint density at radius 3 is 2.69 bits per heavy atom. The highest BCUT2D eigenvalue weighted by molar-refractivity contribution is 7.16. The summed E-state index contributed by atoms with van der Waals surface area (Å²) in [7, 11) is 3.26. The van der Waals surface area contributed by atoms with E-state index in [-0.39, 0.29) is 12.1 Å². The zero-order chi connectivity index (χ0) is 20.8. The van der Waals surface area contributed by atoms with E-state index in [0.29, 0.717) is 17.1 Å². The molecule has 2 heterocycles. The van der Waals surface area contributed by atoms with Crippen molar-refractivity contribution >= 4 is 22.2 Å². The molecule has 1 amide bonds. The second-order valence-electron chi connectivity index (χ2n) is 8.65. The first kappa shape index (κ1) is 20.1. The summed E-state index contributed by atoms with van der Waals surface area (Å²) in [6.45, 7) is 7.01. The summed E-state index contributed by atoms with van der Waals surface area (Å²) in [6, 6.07) is 5.67. The van der Waals surface area contributed by atoms with Crippen LogP contribution in [0.25, 0.3) is 0 Å². The standard InChI is InChI=1S/C23H30N2O3S/c1-6-23(2,3)13-7-9-16-18(11-13)29-22-19(16)21(26)24-20(25-22)15-10-8-14(27-4)12-17(15)28-5/h8,10,12-13,20,25H,6-7,9,11H2,1-5H3,(H,24,26)/t13-,20+/m0/s1. The highest BCUT2D eigenvalue weighted by Crippen LogP contribution is 2.47.